The molecule has 134 valence electrons. The van der Waals surface area contributed by atoms with Crippen LogP contribution in [-0.4, -0.2) is 36.2 Å². The number of aliphatic hydroxyl groups excluding tert-OH is 1. The molecule has 1 saturated heterocycles. The molecule has 0 bridgehead atoms. The van der Waals surface area contributed by atoms with Gasteiger partial charge in [0.05, 0.1) is 12.2 Å². The van der Waals surface area contributed by atoms with E-state index in [-0.39, 0.29) is 19.6 Å². The van der Waals surface area contributed by atoms with Gasteiger partial charge in [0.15, 0.2) is 5.60 Å². The van der Waals surface area contributed by atoms with E-state index in [2.05, 4.69) is 0 Å². The highest BCUT2D eigenvalue weighted by molar-refractivity contribution is 6.30. The third-order valence-corrected chi connectivity index (χ3v) is 4.72. The van der Waals surface area contributed by atoms with Crippen LogP contribution in [0, 0.1) is 0 Å². The first kappa shape index (κ1) is 17.9. The molecule has 1 spiro atoms. The van der Waals surface area contributed by atoms with Crippen LogP contribution in [0.1, 0.15) is 39.2 Å². The number of hydrogen-bond donors (Lipinski definition) is 1. The second-order valence-electron chi connectivity index (χ2n) is 7.29. The van der Waals surface area contributed by atoms with Gasteiger partial charge in [-0.25, -0.2) is 8.78 Å². The van der Waals surface area contributed by atoms with Gasteiger partial charge in [-0.2, -0.15) is 0 Å². The molecule has 2 aliphatic rings. The van der Waals surface area contributed by atoms with E-state index in [1.807, 2.05) is 0 Å². The van der Waals surface area contributed by atoms with Crippen LogP contribution in [0.3, 0.4) is 0 Å². The summed E-state index contributed by atoms with van der Waals surface area (Å²) in [6, 6.07) is 4.76. The molecule has 0 aromatic heterocycles. The molecule has 1 aromatic rings. The highest BCUT2D eigenvalue weighted by atomic mass is 35.5. The maximum atomic E-state index is 14.8. The summed E-state index contributed by atoms with van der Waals surface area (Å²) in [6.45, 7) is 5.61. The molecular formula is C17H22ClF2NO3. The fraction of sp³-hybridized carbons (Fsp3) is 0.647. The van der Waals surface area contributed by atoms with Crippen LogP contribution in [0.5, 0.6) is 0 Å². The standard InChI is InChI=1S/C17H22ClF2NO3/c1-15(2,3)24-14(22)21-8-6-17(19,20)16(7-9-23-16)12-10-11(18)4-5-13(12)21/h4-5,10,14,22H,6-9H2,1-3H3. The summed E-state index contributed by atoms with van der Waals surface area (Å²) in [6.07, 6.45) is -1.56. The third-order valence-electron chi connectivity index (χ3n) is 4.49. The van der Waals surface area contributed by atoms with E-state index in [0.29, 0.717) is 16.3 Å². The Balaban J connectivity index is 2.07. The molecule has 1 fully saturated rings. The average molecular weight is 362 g/mol. The Morgan fingerprint density at radius 3 is 2.54 bits per heavy atom. The van der Waals surface area contributed by atoms with E-state index in [1.54, 1.807) is 32.9 Å². The predicted octanol–water partition coefficient (Wildman–Crippen LogP) is 3.89. The fourth-order valence-electron chi connectivity index (χ4n) is 3.28. The Labute approximate surface area is 145 Å². The number of hydrogen-bond acceptors (Lipinski definition) is 4. The Kier molecular flexibility index (Phi) is 4.31. The summed E-state index contributed by atoms with van der Waals surface area (Å²) in [5, 5.41) is 10.8. The van der Waals surface area contributed by atoms with Gasteiger partial charge in [-0.05, 0) is 39.0 Å². The highest BCUT2D eigenvalue weighted by Crippen LogP contribution is 2.55. The smallest absolute Gasteiger partial charge is 0.282 e. The van der Waals surface area contributed by atoms with Crippen molar-refractivity contribution in [1.82, 2.24) is 0 Å². The van der Waals surface area contributed by atoms with Crippen molar-refractivity contribution < 1.29 is 23.4 Å². The molecule has 0 saturated carbocycles. The Hall–Kier alpha value is -0.950. The molecule has 1 aromatic carbocycles. The highest BCUT2D eigenvalue weighted by Gasteiger charge is 2.62. The second-order valence-corrected chi connectivity index (χ2v) is 7.73. The molecule has 24 heavy (non-hydrogen) atoms. The van der Waals surface area contributed by atoms with Crippen molar-refractivity contribution >= 4 is 17.3 Å². The lowest BCUT2D eigenvalue weighted by atomic mass is 9.79. The zero-order valence-corrected chi connectivity index (χ0v) is 14.7. The van der Waals surface area contributed by atoms with Crippen LogP contribution in [0.15, 0.2) is 18.2 Å². The zero-order valence-electron chi connectivity index (χ0n) is 14.0. The first-order valence-corrected chi connectivity index (χ1v) is 8.38. The molecule has 1 N–H and O–H groups in total. The van der Waals surface area contributed by atoms with E-state index in [1.165, 1.54) is 11.0 Å². The number of benzene rings is 1. The van der Waals surface area contributed by atoms with Crippen LogP contribution < -0.4 is 4.90 Å². The second kappa shape index (κ2) is 5.80. The lowest BCUT2D eigenvalue weighted by molar-refractivity contribution is -0.280. The van der Waals surface area contributed by atoms with E-state index in [9.17, 15) is 13.9 Å². The number of fused-ring (bicyclic) bond motifs is 2. The molecule has 2 heterocycles. The van der Waals surface area contributed by atoms with Crippen molar-refractivity contribution in [2.24, 2.45) is 0 Å². The van der Waals surface area contributed by atoms with E-state index in [4.69, 9.17) is 21.1 Å². The number of aliphatic hydroxyl groups is 1. The van der Waals surface area contributed by atoms with Gasteiger partial charge >= 0.3 is 0 Å². The molecule has 7 heteroatoms. The fourth-order valence-corrected chi connectivity index (χ4v) is 3.45. The molecule has 2 aliphatic heterocycles. The van der Waals surface area contributed by atoms with E-state index in [0.717, 1.165) is 0 Å². The van der Waals surface area contributed by atoms with Crippen LogP contribution in [0.4, 0.5) is 14.5 Å². The Morgan fingerprint density at radius 2 is 2.00 bits per heavy atom. The summed E-state index contributed by atoms with van der Waals surface area (Å²) < 4.78 is 40.6. The van der Waals surface area contributed by atoms with Gasteiger partial charge in [0.25, 0.3) is 5.92 Å². The average Bonchev–Trinajstić information content (AvgIpc) is 2.46. The summed E-state index contributed by atoms with van der Waals surface area (Å²) >= 11 is 6.05. The van der Waals surface area contributed by atoms with Crippen molar-refractivity contribution in [3.05, 3.63) is 28.8 Å². The van der Waals surface area contributed by atoms with Gasteiger partial charge in [0.1, 0.15) is 0 Å². The third kappa shape index (κ3) is 2.90. The monoisotopic (exact) mass is 361 g/mol. The molecular weight excluding hydrogens is 340 g/mol. The van der Waals surface area contributed by atoms with Gasteiger partial charge in [-0.15, -0.1) is 0 Å². The SMILES string of the molecule is CC(C)(C)OC(O)N1CCC(F)(F)C2(CCO2)c2cc(Cl)ccc21. The Bertz CT molecular complexity index is 629. The van der Waals surface area contributed by atoms with Crippen molar-refractivity contribution in [2.75, 3.05) is 18.1 Å². The predicted molar refractivity (Wildman–Crippen MR) is 87.5 cm³/mol. The van der Waals surface area contributed by atoms with Gasteiger partial charge in [0.2, 0.25) is 6.41 Å². The van der Waals surface area contributed by atoms with E-state index < -0.39 is 30.0 Å². The minimum absolute atomic E-state index is 0.0516. The van der Waals surface area contributed by atoms with Crippen LogP contribution in [-0.2, 0) is 15.1 Å². The number of nitrogens with zero attached hydrogens (tertiary/aromatic N) is 1. The van der Waals surface area contributed by atoms with E-state index >= 15 is 0 Å². The lowest BCUT2D eigenvalue weighted by Gasteiger charge is -2.46. The summed E-state index contributed by atoms with van der Waals surface area (Å²) in [5.41, 5.74) is -1.53. The molecule has 0 radical (unpaired) electrons. The number of anilines is 1. The normalized spacial score (nSPS) is 27.4. The molecule has 0 aliphatic carbocycles. The minimum atomic E-state index is -3.05. The van der Waals surface area contributed by atoms with Crippen molar-refractivity contribution in [3.8, 4) is 0 Å². The Morgan fingerprint density at radius 1 is 1.33 bits per heavy atom. The molecule has 2 atom stereocenters. The summed E-state index contributed by atoms with van der Waals surface area (Å²) in [5.74, 6) is -3.05. The zero-order chi connectivity index (χ0) is 17.8. The van der Waals surface area contributed by atoms with Crippen LogP contribution in [0.2, 0.25) is 5.02 Å². The van der Waals surface area contributed by atoms with Crippen LogP contribution >= 0.6 is 11.6 Å². The lowest BCUT2D eigenvalue weighted by Crippen LogP contribution is -2.54. The van der Waals surface area contributed by atoms with Gasteiger partial charge in [-0.3, -0.25) is 0 Å². The molecule has 0 amide bonds. The molecule has 2 unspecified atom stereocenters. The molecule has 3 rings (SSSR count). The summed E-state index contributed by atoms with van der Waals surface area (Å²) in [7, 11) is 0. The largest absolute Gasteiger partial charge is 0.364 e. The minimum Gasteiger partial charge on any atom is -0.364 e. The number of rotatable bonds is 2. The number of ether oxygens (including phenoxy) is 2. The quantitative estimate of drug-likeness (QED) is 0.811. The maximum absolute atomic E-state index is 14.8. The first-order chi connectivity index (χ1) is 11.1. The summed E-state index contributed by atoms with van der Waals surface area (Å²) in [4.78, 5) is 1.45. The van der Waals surface area contributed by atoms with Gasteiger partial charge in [-0.1, -0.05) is 11.6 Å². The van der Waals surface area contributed by atoms with Crippen molar-refractivity contribution in [2.45, 2.75) is 57.2 Å². The number of halogens is 3. The van der Waals surface area contributed by atoms with Crippen LogP contribution in [0.25, 0.3) is 0 Å². The van der Waals surface area contributed by atoms with Crippen molar-refractivity contribution in [1.29, 1.82) is 0 Å². The van der Waals surface area contributed by atoms with Crippen molar-refractivity contribution in [3.63, 3.8) is 0 Å². The maximum Gasteiger partial charge on any atom is 0.282 e. The van der Waals surface area contributed by atoms with Gasteiger partial charge in [0, 0.05) is 35.7 Å². The molecule has 4 nitrogen and oxygen atoms in total. The first-order valence-electron chi connectivity index (χ1n) is 8.00. The number of alkyl halides is 2. The van der Waals surface area contributed by atoms with Gasteiger partial charge < -0.3 is 19.5 Å². The topological polar surface area (TPSA) is 41.9 Å².